The van der Waals surface area contributed by atoms with E-state index < -0.39 is 0 Å². The fourth-order valence-electron chi connectivity index (χ4n) is 4.80. The van der Waals surface area contributed by atoms with E-state index >= 15 is 0 Å². The molecular weight excluding hydrogens is 504 g/mol. The van der Waals surface area contributed by atoms with Crippen LogP contribution in [0.4, 0.5) is 5.69 Å². The van der Waals surface area contributed by atoms with E-state index in [9.17, 15) is 4.79 Å². The summed E-state index contributed by atoms with van der Waals surface area (Å²) in [5, 5.41) is 12.6. The maximum absolute atomic E-state index is 12.6. The van der Waals surface area contributed by atoms with Gasteiger partial charge in [-0.2, -0.15) is 5.10 Å². The molecule has 5 heterocycles. The van der Waals surface area contributed by atoms with E-state index in [1.807, 2.05) is 24.3 Å². The molecule has 7 aromatic rings. The van der Waals surface area contributed by atoms with Gasteiger partial charge in [-0.15, -0.1) is 11.3 Å². The van der Waals surface area contributed by atoms with E-state index in [-0.39, 0.29) is 5.91 Å². The van der Waals surface area contributed by atoms with Crippen molar-refractivity contribution in [1.29, 1.82) is 0 Å². The molecule has 0 fully saturated rings. The van der Waals surface area contributed by atoms with Crippen LogP contribution < -0.4 is 5.32 Å². The van der Waals surface area contributed by atoms with Crippen molar-refractivity contribution in [2.45, 2.75) is 6.92 Å². The number of nitrogens with zero attached hydrogens (tertiary/aromatic N) is 3. The number of rotatable bonds is 5. The molecule has 0 spiro atoms. The van der Waals surface area contributed by atoms with Crippen molar-refractivity contribution in [3.8, 4) is 33.0 Å². The van der Waals surface area contributed by atoms with E-state index in [1.54, 1.807) is 42.1 Å². The van der Waals surface area contributed by atoms with E-state index in [2.05, 4.69) is 79.9 Å². The Bertz CT molecular complexity index is 1990. The zero-order valence-electron chi connectivity index (χ0n) is 20.9. The van der Waals surface area contributed by atoms with Crippen LogP contribution in [-0.4, -0.2) is 31.1 Å². The molecule has 0 unspecified atom stereocenters. The molecule has 0 aliphatic carbocycles. The molecule has 188 valence electrons. The number of amides is 1. The Morgan fingerprint density at radius 3 is 2.59 bits per heavy atom. The highest BCUT2D eigenvalue weighted by atomic mass is 32.1. The summed E-state index contributed by atoms with van der Waals surface area (Å²) in [6, 6.07) is 25.9. The van der Waals surface area contributed by atoms with E-state index in [0.29, 0.717) is 16.9 Å². The largest absolute Gasteiger partial charge is 0.353 e. The molecule has 0 atom stereocenters. The van der Waals surface area contributed by atoms with Crippen LogP contribution in [-0.2, 0) is 0 Å². The van der Waals surface area contributed by atoms with Gasteiger partial charge in [-0.25, -0.2) is 4.98 Å². The fourth-order valence-corrected chi connectivity index (χ4v) is 5.71. The SMILES string of the molecule is Cc1ccc(-c2cccc3[nH]c(-c4n[nH]c5ncc(-c6cncc(NC(=O)c7ccccc7)c6)cc45)cc23)s1. The van der Waals surface area contributed by atoms with Crippen LogP contribution in [0.2, 0.25) is 0 Å². The third-order valence-electron chi connectivity index (χ3n) is 6.71. The second-order valence-corrected chi connectivity index (χ2v) is 10.6. The van der Waals surface area contributed by atoms with Gasteiger partial charge in [0.1, 0.15) is 5.69 Å². The minimum atomic E-state index is -0.184. The molecule has 8 heteroatoms. The Hall–Kier alpha value is -5.08. The molecule has 0 saturated carbocycles. The van der Waals surface area contributed by atoms with E-state index in [1.165, 1.54) is 15.3 Å². The molecule has 0 aliphatic rings. The first-order valence-corrected chi connectivity index (χ1v) is 13.3. The molecule has 39 heavy (non-hydrogen) atoms. The number of benzene rings is 2. The van der Waals surface area contributed by atoms with Crippen molar-refractivity contribution < 1.29 is 4.79 Å². The van der Waals surface area contributed by atoms with Gasteiger partial charge in [0.2, 0.25) is 0 Å². The average Bonchev–Trinajstić information content (AvgIpc) is 3.71. The van der Waals surface area contributed by atoms with Gasteiger partial charge in [0, 0.05) is 60.7 Å². The van der Waals surface area contributed by atoms with Crippen LogP contribution in [0.3, 0.4) is 0 Å². The van der Waals surface area contributed by atoms with Crippen molar-refractivity contribution in [2.24, 2.45) is 0 Å². The number of fused-ring (bicyclic) bond motifs is 2. The first kappa shape index (κ1) is 23.1. The molecule has 3 N–H and O–H groups in total. The van der Waals surface area contributed by atoms with Gasteiger partial charge in [0.15, 0.2) is 5.65 Å². The number of thiophene rings is 1. The molecule has 7 rings (SSSR count). The summed E-state index contributed by atoms with van der Waals surface area (Å²) in [6.07, 6.45) is 5.18. The molecule has 0 bridgehead atoms. The minimum Gasteiger partial charge on any atom is -0.353 e. The van der Waals surface area contributed by atoms with Crippen molar-refractivity contribution >= 4 is 44.9 Å². The quantitative estimate of drug-likeness (QED) is 0.217. The predicted molar refractivity (Wildman–Crippen MR) is 157 cm³/mol. The highest BCUT2D eigenvalue weighted by molar-refractivity contribution is 7.15. The smallest absolute Gasteiger partial charge is 0.255 e. The van der Waals surface area contributed by atoms with Gasteiger partial charge < -0.3 is 10.3 Å². The summed E-state index contributed by atoms with van der Waals surface area (Å²) in [5.74, 6) is -0.184. The Morgan fingerprint density at radius 2 is 1.74 bits per heavy atom. The number of aromatic amines is 2. The van der Waals surface area contributed by atoms with Crippen LogP contribution >= 0.6 is 11.3 Å². The predicted octanol–water partition coefficient (Wildman–Crippen LogP) is 7.46. The number of carbonyl (C=O) groups is 1. The number of anilines is 1. The summed E-state index contributed by atoms with van der Waals surface area (Å²) < 4.78 is 0. The van der Waals surface area contributed by atoms with E-state index in [4.69, 9.17) is 0 Å². The summed E-state index contributed by atoms with van der Waals surface area (Å²) >= 11 is 1.79. The third kappa shape index (κ3) is 4.26. The topological polar surface area (TPSA) is 99.3 Å². The van der Waals surface area contributed by atoms with E-state index in [0.717, 1.165) is 38.8 Å². The van der Waals surface area contributed by atoms with Crippen LogP contribution in [0.5, 0.6) is 0 Å². The number of aryl methyl sites for hydroxylation is 1. The molecule has 5 aromatic heterocycles. The number of H-pyrrole nitrogens is 2. The first-order chi connectivity index (χ1) is 19.1. The van der Waals surface area contributed by atoms with Crippen LogP contribution in [0.25, 0.3) is 54.9 Å². The lowest BCUT2D eigenvalue weighted by atomic mass is 10.1. The Balaban J connectivity index is 1.25. The summed E-state index contributed by atoms with van der Waals surface area (Å²) in [7, 11) is 0. The van der Waals surface area contributed by atoms with Crippen molar-refractivity contribution in [1.82, 2.24) is 25.1 Å². The zero-order valence-corrected chi connectivity index (χ0v) is 21.7. The summed E-state index contributed by atoms with van der Waals surface area (Å²) in [5.41, 5.74) is 7.58. The van der Waals surface area contributed by atoms with Gasteiger partial charge in [-0.05, 0) is 55.5 Å². The number of hydrogen-bond acceptors (Lipinski definition) is 5. The van der Waals surface area contributed by atoms with Crippen molar-refractivity contribution in [3.63, 3.8) is 0 Å². The Morgan fingerprint density at radius 1 is 0.872 bits per heavy atom. The zero-order chi connectivity index (χ0) is 26.3. The molecule has 1 amide bonds. The second-order valence-electron chi connectivity index (χ2n) is 9.33. The maximum atomic E-state index is 12.6. The third-order valence-corrected chi connectivity index (χ3v) is 7.74. The van der Waals surface area contributed by atoms with Crippen LogP contribution in [0.15, 0.2) is 97.5 Å². The van der Waals surface area contributed by atoms with Gasteiger partial charge >= 0.3 is 0 Å². The first-order valence-electron chi connectivity index (χ1n) is 12.5. The number of nitrogens with one attached hydrogen (secondary N) is 3. The molecule has 2 aromatic carbocycles. The van der Waals surface area contributed by atoms with Crippen molar-refractivity contribution in [2.75, 3.05) is 5.32 Å². The average molecular weight is 527 g/mol. The van der Waals surface area contributed by atoms with Crippen molar-refractivity contribution in [3.05, 3.63) is 108 Å². The van der Waals surface area contributed by atoms with Gasteiger partial charge in [0.25, 0.3) is 5.91 Å². The monoisotopic (exact) mass is 526 g/mol. The van der Waals surface area contributed by atoms with Gasteiger partial charge in [0.05, 0.1) is 17.6 Å². The molecule has 0 saturated heterocycles. The number of pyridine rings is 2. The van der Waals surface area contributed by atoms with Crippen LogP contribution in [0.1, 0.15) is 15.2 Å². The maximum Gasteiger partial charge on any atom is 0.255 e. The number of aromatic nitrogens is 5. The Labute approximate surface area is 227 Å². The minimum absolute atomic E-state index is 0.184. The number of carbonyl (C=O) groups excluding carboxylic acids is 1. The molecule has 0 aliphatic heterocycles. The molecule has 7 nitrogen and oxygen atoms in total. The highest BCUT2D eigenvalue weighted by Gasteiger charge is 2.16. The normalized spacial score (nSPS) is 11.3. The highest BCUT2D eigenvalue weighted by Crippen LogP contribution is 2.37. The number of hydrogen-bond donors (Lipinski definition) is 3. The lowest BCUT2D eigenvalue weighted by Crippen LogP contribution is -2.11. The van der Waals surface area contributed by atoms with Crippen LogP contribution in [0, 0.1) is 6.92 Å². The lowest BCUT2D eigenvalue weighted by Gasteiger charge is -2.07. The lowest BCUT2D eigenvalue weighted by molar-refractivity contribution is 0.102. The molecule has 0 radical (unpaired) electrons. The fraction of sp³-hybridized carbons (Fsp3) is 0.0323. The summed E-state index contributed by atoms with van der Waals surface area (Å²) in [4.78, 5) is 27.7. The second kappa shape index (κ2) is 9.34. The summed E-state index contributed by atoms with van der Waals surface area (Å²) in [6.45, 7) is 2.12. The Kier molecular flexibility index (Phi) is 5.53. The standard InChI is InChI=1S/C31H22N6OS/c1-18-10-11-28(39-18)23-8-5-9-26-24(23)14-27(35-26)29-25-13-21(16-33-30(25)37-36-29)20-12-22(17-32-15-20)34-31(38)19-6-3-2-4-7-19/h2-17,35H,1H3,(H,34,38)(H,33,36,37). The van der Waals surface area contributed by atoms with Gasteiger partial charge in [-0.1, -0.05) is 30.3 Å². The molecular formula is C31H22N6OS. The van der Waals surface area contributed by atoms with Gasteiger partial charge in [-0.3, -0.25) is 14.9 Å².